The maximum absolute atomic E-state index is 5.94. The van der Waals surface area contributed by atoms with Crippen LogP contribution < -0.4 is 5.46 Å². The molecular weight excluding hydrogens is 331 g/mol. The normalized spacial score (nSPS) is 11.9. The monoisotopic (exact) mass is 346 g/mol. The number of nitrogens with zero attached hydrogens (tertiary/aromatic N) is 2. The fourth-order valence-corrected chi connectivity index (χ4v) is 4.08. The van der Waals surface area contributed by atoms with Crippen LogP contribution in [-0.2, 0) is 0 Å². The molecule has 0 amide bonds. The number of fused-ring (bicyclic) bond motifs is 6. The average Bonchev–Trinajstić information content (AvgIpc) is 3.23. The molecule has 0 saturated heterocycles. The maximum Gasteiger partial charge on any atom is 0.153 e. The van der Waals surface area contributed by atoms with Crippen LogP contribution in [0.2, 0.25) is 0 Å². The molecule has 3 nitrogen and oxygen atoms in total. The van der Waals surface area contributed by atoms with E-state index in [4.69, 9.17) is 9.40 Å². The highest BCUT2D eigenvalue weighted by Crippen LogP contribution is 2.33. The Balaban J connectivity index is 1.75. The zero-order chi connectivity index (χ0) is 18.0. The van der Waals surface area contributed by atoms with Crippen LogP contribution in [0, 0.1) is 0 Å². The summed E-state index contributed by atoms with van der Waals surface area (Å²) in [6.45, 7) is 0. The fourth-order valence-electron chi connectivity index (χ4n) is 4.08. The lowest BCUT2D eigenvalue weighted by Gasteiger charge is -2.07. The summed E-state index contributed by atoms with van der Waals surface area (Å²) in [4.78, 5) is 4.74. The van der Waals surface area contributed by atoms with Crippen LogP contribution in [0.15, 0.2) is 83.4 Å². The van der Waals surface area contributed by atoms with E-state index in [1.54, 1.807) is 0 Å². The highest BCUT2D eigenvalue weighted by Gasteiger charge is 2.14. The molecule has 6 rings (SSSR count). The Labute approximate surface area is 156 Å². The number of furan rings is 1. The Morgan fingerprint density at radius 3 is 2.41 bits per heavy atom. The molecule has 3 aromatic carbocycles. The first-order valence-electron chi connectivity index (χ1n) is 9.07. The van der Waals surface area contributed by atoms with Crippen molar-refractivity contribution in [3.63, 3.8) is 0 Å². The lowest BCUT2D eigenvalue weighted by atomic mass is 9.94. The summed E-state index contributed by atoms with van der Waals surface area (Å²) < 4.78 is 8.19. The number of para-hydroxylation sites is 2. The third-order valence-corrected chi connectivity index (χ3v) is 5.31. The molecule has 0 spiro atoms. The number of pyridine rings is 1. The summed E-state index contributed by atoms with van der Waals surface area (Å²) in [6.07, 6.45) is 1.83. The molecule has 6 aromatic rings. The molecule has 4 heteroatoms. The highest BCUT2D eigenvalue weighted by atomic mass is 16.3. The summed E-state index contributed by atoms with van der Waals surface area (Å²) >= 11 is 0. The summed E-state index contributed by atoms with van der Waals surface area (Å²) in [7, 11) is 2.13. The van der Waals surface area contributed by atoms with Crippen molar-refractivity contribution in [2.75, 3.05) is 0 Å². The summed E-state index contributed by atoms with van der Waals surface area (Å²) in [5, 5.41) is 4.71. The fraction of sp³-hybridized carbons (Fsp3) is 0. The number of hydrogen-bond acceptors (Lipinski definition) is 2. The molecule has 0 bridgehead atoms. The molecule has 0 fully saturated rings. The largest absolute Gasteiger partial charge is 0.454 e. The maximum atomic E-state index is 5.94. The van der Waals surface area contributed by atoms with Crippen molar-refractivity contribution >= 4 is 57.1 Å². The van der Waals surface area contributed by atoms with Gasteiger partial charge < -0.3 is 4.42 Å². The quantitative estimate of drug-likeness (QED) is 0.415. The Morgan fingerprint density at radius 2 is 1.48 bits per heavy atom. The van der Waals surface area contributed by atoms with Gasteiger partial charge in [0.05, 0.1) is 17.2 Å². The van der Waals surface area contributed by atoms with Crippen molar-refractivity contribution < 1.29 is 4.42 Å². The van der Waals surface area contributed by atoms with E-state index < -0.39 is 0 Å². The van der Waals surface area contributed by atoms with Crippen molar-refractivity contribution in [3.05, 3.63) is 79.0 Å². The van der Waals surface area contributed by atoms with E-state index in [-0.39, 0.29) is 0 Å². The third kappa shape index (κ3) is 2.01. The van der Waals surface area contributed by atoms with Crippen molar-refractivity contribution in [2.45, 2.75) is 0 Å². The van der Waals surface area contributed by atoms with Crippen LogP contribution in [0.25, 0.3) is 49.6 Å². The van der Waals surface area contributed by atoms with Crippen molar-refractivity contribution in [1.82, 2.24) is 9.55 Å². The van der Waals surface area contributed by atoms with Gasteiger partial charge in [0.2, 0.25) is 0 Å². The Hall–Kier alpha value is -3.53. The van der Waals surface area contributed by atoms with Gasteiger partial charge in [-0.05, 0) is 24.3 Å². The van der Waals surface area contributed by atoms with Gasteiger partial charge in [-0.2, -0.15) is 0 Å². The molecule has 0 unspecified atom stereocenters. The van der Waals surface area contributed by atoms with E-state index in [1.165, 1.54) is 21.8 Å². The van der Waals surface area contributed by atoms with Gasteiger partial charge in [0.25, 0.3) is 0 Å². The first-order chi connectivity index (χ1) is 13.3. The molecule has 27 heavy (non-hydrogen) atoms. The minimum atomic E-state index is 0.816. The van der Waals surface area contributed by atoms with Crippen LogP contribution in [-0.4, -0.2) is 17.4 Å². The molecule has 0 atom stereocenters. The van der Waals surface area contributed by atoms with E-state index in [0.29, 0.717) is 0 Å². The summed E-state index contributed by atoms with van der Waals surface area (Å²) in [5.74, 6) is 0.907. The van der Waals surface area contributed by atoms with E-state index in [1.807, 2.05) is 24.4 Å². The molecule has 3 heterocycles. The predicted octanol–water partition coefficient (Wildman–Crippen LogP) is 4.34. The zero-order valence-corrected chi connectivity index (χ0v) is 14.8. The molecule has 3 aromatic heterocycles. The predicted molar refractivity (Wildman–Crippen MR) is 114 cm³/mol. The Kier molecular flexibility index (Phi) is 2.84. The van der Waals surface area contributed by atoms with Gasteiger partial charge in [0.1, 0.15) is 19.2 Å². The molecule has 0 aliphatic heterocycles. The van der Waals surface area contributed by atoms with Gasteiger partial charge in [0, 0.05) is 21.5 Å². The van der Waals surface area contributed by atoms with E-state index >= 15 is 0 Å². The highest BCUT2D eigenvalue weighted by molar-refractivity contribution is 6.33. The van der Waals surface area contributed by atoms with Crippen LogP contribution in [0.4, 0.5) is 0 Å². The molecular formula is C23H15BN2O. The lowest BCUT2D eigenvalue weighted by molar-refractivity contribution is 0.666. The first kappa shape index (κ1) is 14.6. The lowest BCUT2D eigenvalue weighted by Crippen LogP contribution is -2.01. The van der Waals surface area contributed by atoms with Gasteiger partial charge >= 0.3 is 0 Å². The minimum Gasteiger partial charge on any atom is -0.454 e. The van der Waals surface area contributed by atoms with Crippen LogP contribution in [0.5, 0.6) is 0 Å². The van der Waals surface area contributed by atoms with Crippen LogP contribution in [0.1, 0.15) is 0 Å². The second-order valence-corrected chi connectivity index (χ2v) is 7.01. The molecule has 0 radical (unpaired) electrons. The summed E-state index contributed by atoms with van der Waals surface area (Å²) in [5.41, 5.74) is 5.30. The van der Waals surface area contributed by atoms with E-state index in [9.17, 15) is 0 Å². The Bertz CT molecular complexity index is 1490. The number of aromatic nitrogens is 2. The second kappa shape index (κ2) is 5.24. The van der Waals surface area contributed by atoms with Gasteiger partial charge in [-0.15, -0.1) is 0 Å². The number of hydrogen-bond donors (Lipinski definition) is 0. The smallest absolute Gasteiger partial charge is 0.153 e. The number of rotatable bonds is 1. The Morgan fingerprint density at radius 1 is 0.704 bits per heavy atom. The third-order valence-electron chi connectivity index (χ3n) is 5.31. The van der Waals surface area contributed by atoms with Gasteiger partial charge in [-0.1, -0.05) is 54.0 Å². The van der Waals surface area contributed by atoms with Crippen molar-refractivity contribution in [1.29, 1.82) is 0 Å². The molecule has 0 N–H and O–H groups in total. The molecule has 0 saturated carbocycles. The van der Waals surface area contributed by atoms with E-state index in [0.717, 1.165) is 33.3 Å². The summed E-state index contributed by atoms with van der Waals surface area (Å²) in [6, 6.07) is 25.4. The van der Waals surface area contributed by atoms with Crippen molar-refractivity contribution in [3.8, 4) is 5.82 Å². The average molecular weight is 346 g/mol. The standard InChI is InChI=1S/C23H15BN2O/c24-14-9-10-20-17(11-14)15-5-1-3-7-19(15)26(20)23-12-18-16-6-2-4-8-21(16)27-22(18)13-25-23/h1-13H,24H2. The van der Waals surface area contributed by atoms with Crippen molar-refractivity contribution in [2.24, 2.45) is 0 Å². The van der Waals surface area contributed by atoms with Gasteiger partial charge in [-0.3, -0.25) is 4.57 Å². The van der Waals surface area contributed by atoms with Gasteiger partial charge in [-0.25, -0.2) is 4.98 Å². The topological polar surface area (TPSA) is 31.0 Å². The minimum absolute atomic E-state index is 0.816. The molecule has 0 aliphatic rings. The SMILES string of the molecule is Bc1ccc2c(c1)c1ccccc1n2-c1cc2c(cn1)oc1ccccc12. The number of benzene rings is 3. The van der Waals surface area contributed by atoms with Gasteiger partial charge in [0.15, 0.2) is 5.58 Å². The van der Waals surface area contributed by atoms with Crippen LogP contribution in [0.3, 0.4) is 0 Å². The van der Waals surface area contributed by atoms with E-state index in [2.05, 4.69) is 67.0 Å². The molecule has 126 valence electrons. The zero-order valence-electron chi connectivity index (χ0n) is 14.8. The second-order valence-electron chi connectivity index (χ2n) is 7.01. The first-order valence-corrected chi connectivity index (χ1v) is 9.07. The van der Waals surface area contributed by atoms with Crippen LogP contribution >= 0.6 is 0 Å². The molecule has 0 aliphatic carbocycles.